The number of benzene rings is 7. The summed E-state index contributed by atoms with van der Waals surface area (Å²) in [6, 6.07) is 58.5. The highest BCUT2D eigenvalue weighted by Crippen LogP contribution is 2.44. The number of rotatable bonds is 4. The number of hydrogen-bond donors (Lipinski definition) is 1. The Kier molecular flexibility index (Phi) is 6.39. The lowest BCUT2D eigenvalue weighted by atomic mass is 9.87. The van der Waals surface area contributed by atoms with Crippen molar-refractivity contribution in [3.63, 3.8) is 0 Å². The number of nitrogens with zero attached hydrogens (tertiary/aromatic N) is 3. The summed E-state index contributed by atoms with van der Waals surface area (Å²) in [7, 11) is 0. The maximum atomic E-state index is 5.12. The van der Waals surface area contributed by atoms with Gasteiger partial charge in [-0.1, -0.05) is 109 Å². The van der Waals surface area contributed by atoms with Gasteiger partial charge in [-0.2, -0.15) is 4.57 Å². The van der Waals surface area contributed by atoms with Crippen LogP contribution in [0.15, 0.2) is 170 Å². The smallest absolute Gasteiger partial charge is 0.255 e. The van der Waals surface area contributed by atoms with E-state index in [1.807, 2.05) is 12.3 Å². The molecular formula is C47H29N4S+. The van der Waals surface area contributed by atoms with E-state index >= 15 is 0 Å². The summed E-state index contributed by atoms with van der Waals surface area (Å²) in [5.74, 6) is 1.06. The normalized spacial score (nSPS) is 11.8. The summed E-state index contributed by atoms with van der Waals surface area (Å²) in [4.78, 5) is 14.8. The van der Waals surface area contributed by atoms with Crippen molar-refractivity contribution in [2.24, 2.45) is 0 Å². The minimum Gasteiger partial charge on any atom is -0.255 e. The highest BCUT2D eigenvalue weighted by molar-refractivity contribution is 7.25. The zero-order chi connectivity index (χ0) is 34.2. The fourth-order valence-electron chi connectivity index (χ4n) is 7.98. The molecule has 5 heteroatoms. The lowest BCUT2D eigenvalue weighted by molar-refractivity contribution is -0.554. The molecule has 4 nitrogen and oxygen atoms in total. The van der Waals surface area contributed by atoms with E-state index in [9.17, 15) is 0 Å². The fraction of sp³-hybridized carbons (Fsp3) is 0. The molecule has 4 aromatic heterocycles. The highest BCUT2D eigenvalue weighted by atomic mass is 32.1. The first-order valence-corrected chi connectivity index (χ1v) is 18.3. The van der Waals surface area contributed by atoms with Crippen molar-refractivity contribution < 1.29 is 4.57 Å². The van der Waals surface area contributed by atoms with Crippen LogP contribution >= 0.6 is 11.3 Å². The quantitative estimate of drug-likeness (QED) is 0.148. The van der Waals surface area contributed by atoms with E-state index < -0.39 is 0 Å². The van der Waals surface area contributed by atoms with Gasteiger partial charge in [0.25, 0.3) is 5.82 Å². The number of thiophene rings is 1. The van der Waals surface area contributed by atoms with Crippen LogP contribution in [0.1, 0.15) is 0 Å². The molecule has 242 valence electrons. The number of fused-ring (bicyclic) bond motifs is 7. The molecule has 0 fully saturated rings. The Labute approximate surface area is 302 Å². The highest BCUT2D eigenvalue weighted by Gasteiger charge is 2.23. The topological polar surface area (TPSA) is 45.5 Å². The summed E-state index contributed by atoms with van der Waals surface area (Å²) in [6.45, 7) is 0. The number of H-pyrrole nitrogens is 1. The lowest BCUT2D eigenvalue weighted by Crippen LogP contribution is -2.31. The van der Waals surface area contributed by atoms with Crippen LogP contribution in [-0.2, 0) is 0 Å². The Bertz CT molecular complexity index is 3120. The van der Waals surface area contributed by atoms with Gasteiger partial charge >= 0.3 is 0 Å². The van der Waals surface area contributed by atoms with E-state index in [0.717, 1.165) is 59.8 Å². The summed E-state index contributed by atoms with van der Waals surface area (Å²) >= 11 is 1.71. The van der Waals surface area contributed by atoms with Crippen LogP contribution in [0.2, 0.25) is 0 Å². The average Bonchev–Trinajstić information content (AvgIpc) is 3.77. The van der Waals surface area contributed by atoms with Crippen molar-refractivity contribution in [3.8, 4) is 39.5 Å². The Balaban J connectivity index is 1.11. The van der Waals surface area contributed by atoms with Crippen molar-refractivity contribution >= 4 is 75.1 Å². The molecule has 1 N–H and O–H groups in total. The Hall–Kier alpha value is -6.69. The second-order valence-electron chi connectivity index (χ2n) is 13.3. The molecular weight excluding hydrogens is 653 g/mol. The van der Waals surface area contributed by atoms with Gasteiger partial charge in [0, 0.05) is 27.9 Å². The van der Waals surface area contributed by atoms with Gasteiger partial charge < -0.3 is 0 Å². The largest absolute Gasteiger partial charge is 0.292 e. The van der Waals surface area contributed by atoms with Gasteiger partial charge in [0.2, 0.25) is 0 Å². The monoisotopic (exact) mass is 681 g/mol. The summed E-state index contributed by atoms with van der Waals surface area (Å²) in [5, 5.41) is 8.31. The molecule has 7 aromatic carbocycles. The second kappa shape index (κ2) is 11.4. The molecule has 0 aliphatic heterocycles. The predicted molar refractivity (Wildman–Crippen MR) is 217 cm³/mol. The molecule has 0 bridgehead atoms. The summed E-state index contributed by atoms with van der Waals surface area (Å²) < 4.78 is 3.47. The van der Waals surface area contributed by atoms with Crippen LogP contribution in [0.4, 0.5) is 0 Å². The number of hydrogen-bond acceptors (Lipinski definition) is 3. The van der Waals surface area contributed by atoms with Gasteiger partial charge in [-0.15, -0.1) is 11.3 Å². The van der Waals surface area contributed by atoms with Gasteiger partial charge in [0.05, 0.1) is 21.5 Å². The molecule has 0 aliphatic carbocycles. The van der Waals surface area contributed by atoms with Crippen molar-refractivity contribution in [1.29, 1.82) is 0 Å². The molecule has 0 saturated heterocycles. The van der Waals surface area contributed by atoms with E-state index in [1.165, 1.54) is 43.4 Å². The molecule has 0 atom stereocenters. The molecule has 0 amide bonds. The first-order chi connectivity index (χ1) is 25.8. The summed E-state index contributed by atoms with van der Waals surface area (Å²) in [6.07, 6.45) is 2.03. The first-order valence-electron chi connectivity index (χ1n) is 17.5. The maximum absolute atomic E-state index is 5.12. The van der Waals surface area contributed by atoms with Crippen molar-refractivity contribution in [2.45, 2.75) is 0 Å². The van der Waals surface area contributed by atoms with Crippen LogP contribution in [0.25, 0.3) is 103 Å². The van der Waals surface area contributed by atoms with E-state index in [0.29, 0.717) is 0 Å². The number of para-hydroxylation sites is 3. The van der Waals surface area contributed by atoms with Gasteiger partial charge in [0.1, 0.15) is 10.5 Å². The van der Waals surface area contributed by atoms with E-state index in [2.05, 4.69) is 167 Å². The third-order valence-electron chi connectivity index (χ3n) is 10.3. The zero-order valence-electron chi connectivity index (χ0n) is 27.9. The van der Waals surface area contributed by atoms with Gasteiger partial charge in [-0.25, -0.2) is 9.97 Å². The molecule has 0 saturated carbocycles. The Morgan fingerprint density at radius 2 is 1.17 bits per heavy atom. The number of pyridine rings is 2. The number of aromatic nitrogens is 4. The molecule has 0 spiro atoms. The van der Waals surface area contributed by atoms with Gasteiger partial charge in [-0.05, 0) is 87.3 Å². The maximum Gasteiger partial charge on any atom is 0.292 e. The molecule has 0 aliphatic rings. The van der Waals surface area contributed by atoms with Crippen LogP contribution < -0.4 is 4.57 Å². The lowest BCUT2D eigenvalue weighted by Gasteiger charge is -2.17. The Morgan fingerprint density at radius 3 is 1.94 bits per heavy atom. The minimum atomic E-state index is 0.971. The zero-order valence-corrected chi connectivity index (χ0v) is 28.7. The number of aromatic amines is 1. The second-order valence-corrected chi connectivity index (χ2v) is 14.3. The SMILES string of the molecule is c1ccc(-c2[nH]c3ccccc3[n+]2-c2ccc(-c3c4ccccc4c(-c4cc5c(cn4)sc4nc6ccccc6cc45)c4ccccc34)cc2)cc1. The van der Waals surface area contributed by atoms with Crippen LogP contribution in [0.5, 0.6) is 0 Å². The standard InChI is InChI=1S/C47H28N4S/c1-2-12-30(13-3-1)46-49-40-20-10-11-21-42(40)51(46)32-24-22-29(23-25-32)44-33-15-5-7-17-35(33)45(36-18-8-6-16-34(36)44)41-27-37-38-26-31-14-4-9-19-39(31)50-47(38)52-43(37)28-48-41/h1-28H/p+1. The van der Waals surface area contributed by atoms with Crippen molar-refractivity contribution in [2.75, 3.05) is 0 Å². The average molecular weight is 682 g/mol. The first kappa shape index (κ1) is 29.1. The van der Waals surface area contributed by atoms with Gasteiger partial charge in [0.15, 0.2) is 11.0 Å². The molecule has 0 unspecified atom stereocenters. The van der Waals surface area contributed by atoms with Crippen LogP contribution in [-0.4, -0.2) is 15.0 Å². The fourth-order valence-corrected chi connectivity index (χ4v) is 9.00. The van der Waals surface area contributed by atoms with Crippen molar-refractivity contribution in [1.82, 2.24) is 15.0 Å². The van der Waals surface area contributed by atoms with E-state index in [4.69, 9.17) is 9.97 Å². The molecule has 52 heavy (non-hydrogen) atoms. The Morgan fingerprint density at radius 1 is 0.519 bits per heavy atom. The number of nitrogens with one attached hydrogen (secondary N) is 1. The molecule has 0 radical (unpaired) electrons. The summed E-state index contributed by atoms with van der Waals surface area (Å²) in [5.41, 5.74) is 10.0. The third-order valence-corrected chi connectivity index (χ3v) is 11.4. The number of imidazole rings is 1. The molecule has 4 heterocycles. The third kappa shape index (κ3) is 4.43. The van der Waals surface area contributed by atoms with Crippen LogP contribution in [0, 0.1) is 0 Å². The molecule has 11 aromatic rings. The van der Waals surface area contributed by atoms with Gasteiger partial charge in [-0.3, -0.25) is 4.98 Å². The van der Waals surface area contributed by atoms with Crippen molar-refractivity contribution in [3.05, 3.63) is 170 Å². The van der Waals surface area contributed by atoms with E-state index in [-0.39, 0.29) is 0 Å². The predicted octanol–water partition coefficient (Wildman–Crippen LogP) is 12.1. The minimum absolute atomic E-state index is 0.971. The molecule has 11 rings (SSSR count). The van der Waals surface area contributed by atoms with Crippen LogP contribution in [0.3, 0.4) is 0 Å². The van der Waals surface area contributed by atoms with E-state index in [1.54, 1.807) is 11.3 Å².